The van der Waals surface area contributed by atoms with Crippen molar-refractivity contribution >= 4 is 23.1 Å². The number of allylic oxidation sites excluding steroid dienone is 1. The van der Waals surface area contributed by atoms with Crippen LogP contribution in [0.15, 0.2) is 55.3 Å². The number of hydrogen-bond donors (Lipinski definition) is 2. The van der Waals surface area contributed by atoms with E-state index in [9.17, 15) is 19.4 Å². The monoisotopic (exact) mass is 466 g/mol. The Hall–Kier alpha value is -3.29. The second kappa shape index (κ2) is 11.2. The summed E-state index contributed by atoms with van der Waals surface area (Å²) in [6, 6.07) is 8.27. The van der Waals surface area contributed by atoms with E-state index >= 15 is 0 Å². The van der Waals surface area contributed by atoms with Gasteiger partial charge < -0.3 is 19.5 Å². The number of carbonyl (C=O) groups excluding carboxylic acids is 1. The van der Waals surface area contributed by atoms with Gasteiger partial charge in [-0.2, -0.15) is 0 Å². The van der Waals surface area contributed by atoms with Gasteiger partial charge in [0.15, 0.2) is 0 Å². The molecular formula is C27H31FN2O4. The standard InChI is InChI=1S/C27H31FN2O4/c1-5-13-30-14-12-23-25(18-6-8-19(28)9-7-18)22(26(17(2)3)29-27(23)30)11-10-20(31)15-21(32)16-24(33)34-4/h5-12,14,17,20-21,31-32H,1,13,15-16H2,2-4H3/b11-10+. The highest BCUT2D eigenvalue weighted by Gasteiger charge is 2.20. The summed E-state index contributed by atoms with van der Waals surface area (Å²) in [5.74, 6) is -0.796. The van der Waals surface area contributed by atoms with Crippen LogP contribution in [0.5, 0.6) is 0 Å². The van der Waals surface area contributed by atoms with Crippen LogP contribution in [0.25, 0.3) is 28.2 Å². The van der Waals surface area contributed by atoms with Gasteiger partial charge in [0, 0.05) is 35.7 Å². The maximum absolute atomic E-state index is 13.7. The number of halogens is 1. The minimum absolute atomic E-state index is 0.0140. The summed E-state index contributed by atoms with van der Waals surface area (Å²) < 4.78 is 20.3. The number of ether oxygens (including phenoxy) is 1. The minimum atomic E-state index is -1.03. The van der Waals surface area contributed by atoms with Crippen molar-refractivity contribution < 1.29 is 24.1 Å². The molecule has 2 heterocycles. The maximum atomic E-state index is 13.7. The molecule has 1 aromatic carbocycles. The van der Waals surface area contributed by atoms with Crippen molar-refractivity contribution in [3.05, 3.63) is 72.3 Å². The molecule has 0 saturated heterocycles. The second-order valence-electron chi connectivity index (χ2n) is 8.54. The zero-order valence-corrected chi connectivity index (χ0v) is 19.7. The second-order valence-corrected chi connectivity index (χ2v) is 8.54. The van der Waals surface area contributed by atoms with Gasteiger partial charge in [-0.05, 0) is 29.7 Å². The quantitative estimate of drug-likeness (QED) is 0.330. The molecule has 0 radical (unpaired) electrons. The van der Waals surface area contributed by atoms with E-state index in [-0.39, 0.29) is 24.6 Å². The number of fused-ring (bicyclic) bond motifs is 1. The normalized spacial score (nSPS) is 13.5. The zero-order valence-electron chi connectivity index (χ0n) is 19.7. The molecule has 2 aromatic heterocycles. The number of nitrogens with zero attached hydrogens (tertiary/aromatic N) is 2. The number of aromatic nitrogens is 2. The third kappa shape index (κ3) is 5.79. The van der Waals surface area contributed by atoms with Crippen LogP contribution in [0.1, 0.15) is 43.9 Å². The van der Waals surface area contributed by atoms with Gasteiger partial charge in [0.2, 0.25) is 0 Å². The lowest BCUT2D eigenvalue weighted by Crippen LogP contribution is -2.20. The molecule has 34 heavy (non-hydrogen) atoms. The van der Waals surface area contributed by atoms with Crippen LogP contribution in [-0.2, 0) is 16.1 Å². The first kappa shape index (κ1) is 25.3. The number of methoxy groups -OCH3 is 1. The molecule has 0 spiro atoms. The van der Waals surface area contributed by atoms with Gasteiger partial charge >= 0.3 is 5.97 Å². The highest BCUT2D eigenvalue weighted by Crippen LogP contribution is 2.37. The van der Waals surface area contributed by atoms with E-state index in [1.165, 1.54) is 19.2 Å². The third-order valence-corrected chi connectivity index (χ3v) is 5.61. The van der Waals surface area contributed by atoms with Crippen molar-refractivity contribution in [2.45, 2.75) is 51.4 Å². The van der Waals surface area contributed by atoms with Gasteiger partial charge in [-0.25, -0.2) is 9.37 Å². The summed E-state index contributed by atoms with van der Waals surface area (Å²) in [7, 11) is 1.25. The van der Waals surface area contributed by atoms with Crippen LogP contribution in [0, 0.1) is 5.82 Å². The molecule has 0 aliphatic heterocycles. The predicted molar refractivity (Wildman–Crippen MR) is 132 cm³/mol. The topological polar surface area (TPSA) is 84.6 Å². The summed E-state index contributed by atoms with van der Waals surface area (Å²) in [4.78, 5) is 16.3. The molecule has 0 aliphatic carbocycles. The Labute approximate surface area is 199 Å². The number of aliphatic hydroxyl groups excluding tert-OH is 2. The van der Waals surface area contributed by atoms with Crippen LogP contribution in [0.2, 0.25) is 0 Å². The first-order valence-corrected chi connectivity index (χ1v) is 11.3. The van der Waals surface area contributed by atoms with Crippen molar-refractivity contribution in [2.75, 3.05) is 7.11 Å². The van der Waals surface area contributed by atoms with Gasteiger partial charge in [-0.15, -0.1) is 6.58 Å². The van der Waals surface area contributed by atoms with E-state index in [2.05, 4.69) is 11.3 Å². The number of esters is 1. The van der Waals surface area contributed by atoms with Gasteiger partial charge in [0.25, 0.3) is 0 Å². The van der Waals surface area contributed by atoms with E-state index in [0.29, 0.717) is 6.54 Å². The van der Waals surface area contributed by atoms with Crippen LogP contribution < -0.4 is 0 Å². The average molecular weight is 467 g/mol. The smallest absolute Gasteiger partial charge is 0.308 e. The SMILES string of the molecule is C=CCn1ccc2c(-c3ccc(F)cc3)c(/C=C/C(O)CC(O)CC(=O)OC)c(C(C)C)nc21. The Morgan fingerprint density at radius 3 is 2.56 bits per heavy atom. The van der Waals surface area contributed by atoms with Gasteiger partial charge in [-0.1, -0.05) is 44.2 Å². The molecule has 0 bridgehead atoms. The fourth-order valence-electron chi connectivity index (χ4n) is 3.98. The first-order chi connectivity index (χ1) is 16.2. The Kier molecular flexibility index (Phi) is 8.36. The Balaban J connectivity index is 2.11. The third-order valence-electron chi connectivity index (χ3n) is 5.61. The van der Waals surface area contributed by atoms with Crippen molar-refractivity contribution in [1.82, 2.24) is 9.55 Å². The average Bonchev–Trinajstić information content (AvgIpc) is 3.19. The van der Waals surface area contributed by atoms with Crippen LogP contribution in [-0.4, -0.2) is 45.1 Å². The Morgan fingerprint density at radius 1 is 1.24 bits per heavy atom. The fraction of sp³-hybridized carbons (Fsp3) is 0.333. The Bertz CT molecular complexity index is 1180. The number of carbonyl (C=O) groups is 1. The Morgan fingerprint density at radius 2 is 1.94 bits per heavy atom. The highest BCUT2D eigenvalue weighted by molar-refractivity contribution is 5.98. The summed E-state index contributed by atoms with van der Waals surface area (Å²) in [5.41, 5.74) is 4.15. The molecule has 180 valence electrons. The molecule has 3 rings (SSSR count). The van der Waals surface area contributed by atoms with Crippen molar-refractivity contribution in [2.24, 2.45) is 0 Å². The lowest BCUT2D eigenvalue weighted by molar-refractivity contribution is -0.143. The van der Waals surface area contributed by atoms with E-state index < -0.39 is 18.2 Å². The van der Waals surface area contributed by atoms with E-state index in [4.69, 9.17) is 4.98 Å². The van der Waals surface area contributed by atoms with E-state index in [1.807, 2.05) is 30.7 Å². The van der Waals surface area contributed by atoms with Crippen LogP contribution in [0.4, 0.5) is 4.39 Å². The van der Waals surface area contributed by atoms with Crippen molar-refractivity contribution in [1.29, 1.82) is 0 Å². The summed E-state index contributed by atoms with van der Waals surface area (Å²) in [6.07, 6.45) is 4.91. The molecule has 0 fully saturated rings. The lowest BCUT2D eigenvalue weighted by Gasteiger charge is -2.18. The largest absolute Gasteiger partial charge is 0.469 e. The molecule has 0 amide bonds. The lowest BCUT2D eigenvalue weighted by atomic mass is 9.91. The number of benzene rings is 1. The van der Waals surface area contributed by atoms with E-state index in [1.54, 1.807) is 30.4 Å². The van der Waals surface area contributed by atoms with Crippen molar-refractivity contribution in [3.8, 4) is 11.1 Å². The summed E-state index contributed by atoms with van der Waals surface area (Å²) in [5, 5.41) is 21.5. The molecule has 2 N–H and O–H groups in total. The molecule has 0 saturated carbocycles. The molecule has 2 unspecified atom stereocenters. The first-order valence-electron chi connectivity index (χ1n) is 11.3. The number of rotatable bonds is 10. The molecule has 2 atom stereocenters. The number of hydrogen-bond acceptors (Lipinski definition) is 5. The van der Waals surface area contributed by atoms with Crippen molar-refractivity contribution in [3.63, 3.8) is 0 Å². The molecule has 3 aromatic rings. The summed E-state index contributed by atoms with van der Waals surface area (Å²) >= 11 is 0. The molecule has 0 aliphatic rings. The van der Waals surface area contributed by atoms with Crippen LogP contribution >= 0.6 is 0 Å². The highest BCUT2D eigenvalue weighted by atomic mass is 19.1. The van der Waals surface area contributed by atoms with Gasteiger partial charge in [0.05, 0.1) is 31.4 Å². The van der Waals surface area contributed by atoms with Gasteiger partial charge in [-0.3, -0.25) is 4.79 Å². The predicted octanol–water partition coefficient (Wildman–Crippen LogP) is 4.84. The van der Waals surface area contributed by atoms with Gasteiger partial charge in [0.1, 0.15) is 11.5 Å². The zero-order chi connectivity index (χ0) is 24.8. The fourth-order valence-corrected chi connectivity index (χ4v) is 3.98. The molecule has 6 nitrogen and oxygen atoms in total. The summed E-state index contributed by atoms with van der Waals surface area (Å²) in [6.45, 7) is 8.50. The molecular weight excluding hydrogens is 435 g/mol. The number of pyridine rings is 1. The minimum Gasteiger partial charge on any atom is -0.469 e. The molecule has 7 heteroatoms. The number of aliphatic hydroxyl groups is 2. The van der Waals surface area contributed by atoms with E-state index in [0.717, 1.165) is 33.4 Å². The maximum Gasteiger partial charge on any atom is 0.308 e. The van der Waals surface area contributed by atoms with Crippen LogP contribution in [0.3, 0.4) is 0 Å².